The molecule has 0 aliphatic carbocycles. The van der Waals surface area contributed by atoms with E-state index in [1.807, 2.05) is 0 Å². The predicted octanol–water partition coefficient (Wildman–Crippen LogP) is 2.46. The summed E-state index contributed by atoms with van der Waals surface area (Å²) < 4.78 is 15.1. The van der Waals surface area contributed by atoms with Gasteiger partial charge in [0.05, 0.1) is 16.9 Å². The smallest absolute Gasteiger partial charge is 0.258 e. The van der Waals surface area contributed by atoms with Crippen LogP contribution in [-0.2, 0) is 7.05 Å². The van der Waals surface area contributed by atoms with Crippen LogP contribution < -0.4 is 11.1 Å². The van der Waals surface area contributed by atoms with Crippen LogP contribution in [-0.4, -0.2) is 15.7 Å². The van der Waals surface area contributed by atoms with Gasteiger partial charge >= 0.3 is 0 Å². The van der Waals surface area contributed by atoms with E-state index in [1.54, 1.807) is 14.0 Å². The van der Waals surface area contributed by atoms with Crippen LogP contribution in [0.3, 0.4) is 0 Å². The molecular formula is C12H12BrFN4O. The SMILES string of the molecule is Cc1nn(C)c(NC(=O)c2cc(F)ccc2Br)c1N. The summed E-state index contributed by atoms with van der Waals surface area (Å²) in [5.74, 6) is -0.553. The molecule has 7 heteroatoms. The molecule has 19 heavy (non-hydrogen) atoms. The minimum absolute atomic E-state index is 0.193. The lowest BCUT2D eigenvalue weighted by Gasteiger charge is -2.08. The minimum atomic E-state index is -0.484. The Morgan fingerprint density at radius 2 is 2.21 bits per heavy atom. The zero-order valence-electron chi connectivity index (χ0n) is 10.4. The van der Waals surface area contributed by atoms with E-state index in [9.17, 15) is 9.18 Å². The first-order valence-electron chi connectivity index (χ1n) is 5.45. The van der Waals surface area contributed by atoms with Gasteiger partial charge in [0.25, 0.3) is 5.91 Å². The standard InChI is InChI=1S/C12H12BrFN4O/c1-6-10(15)11(18(2)17-6)16-12(19)8-5-7(14)3-4-9(8)13/h3-5H,15H2,1-2H3,(H,16,19). The van der Waals surface area contributed by atoms with Gasteiger partial charge in [-0.2, -0.15) is 5.10 Å². The fourth-order valence-corrected chi connectivity index (χ4v) is 2.10. The van der Waals surface area contributed by atoms with Crippen LogP contribution in [0.15, 0.2) is 22.7 Å². The predicted molar refractivity (Wildman–Crippen MR) is 74.4 cm³/mol. The average molecular weight is 327 g/mol. The zero-order chi connectivity index (χ0) is 14.2. The molecule has 0 unspecified atom stereocenters. The second kappa shape index (κ2) is 5.00. The van der Waals surface area contributed by atoms with E-state index in [0.717, 1.165) is 6.07 Å². The van der Waals surface area contributed by atoms with Gasteiger partial charge in [-0.3, -0.25) is 9.48 Å². The third-order valence-electron chi connectivity index (χ3n) is 2.67. The molecule has 0 fully saturated rings. The number of rotatable bonds is 2. The highest BCUT2D eigenvalue weighted by Crippen LogP contribution is 2.24. The van der Waals surface area contributed by atoms with Crippen molar-refractivity contribution in [2.75, 3.05) is 11.1 Å². The van der Waals surface area contributed by atoms with E-state index in [1.165, 1.54) is 16.8 Å². The van der Waals surface area contributed by atoms with E-state index in [-0.39, 0.29) is 5.56 Å². The van der Waals surface area contributed by atoms with E-state index < -0.39 is 11.7 Å². The highest BCUT2D eigenvalue weighted by atomic mass is 79.9. The van der Waals surface area contributed by atoms with Gasteiger partial charge in [0.2, 0.25) is 0 Å². The number of carbonyl (C=O) groups is 1. The molecule has 0 atom stereocenters. The van der Waals surface area contributed by atoms with Gasteiger partial charge in [-0.1, -0.05) is 0 Å². The van der Waals surface area contributed by atoms with Crippen molar-refractivity contribution in [3.05, 3.63) is 39.7 Å². The Bertz CT molecular complexity index is 653. The highest BCUT2D eigenvalue weighted by Gasteiger charge is 2.16. The molecule has 1 heterocycles. The molecule has 3 N–H and O–H groups in total. The second-order valence-electron chi connectivity index (χ2n) is 4.05. The summed E-state index contributed by atoms with van der Waals surface area (Å²) in [5, 5.41) is 6.71. The molecule has 1 aromatic heterocycles. The third-order valence-corrected chi connectivity index (χ3v) is 3.36. The maximum atomic E-state index is 13.2. The van der Waals surface area contributed by atoms with Crippen molar-refractivity contribution in [2.45, 2.75) is 6.92 Å². The highest BCUT2D eigenvalue weighted by molar-refractivity contribution is 9.10. The average Bonchev–Trinajstić information content (AvgIpc) is 2.59. The van der Waals surface area contributed by atoms with Gasteiger partial charge in [-0.15, -0.1) is 0 Å². The zero-order valence-corrected chi connectivity index (χ0v) is 12.0. The van der Waals surface area contributed by atoms with Crippen molar-refractivity contribution in [2.24, 2.45) is 7.05 Å². The molecule has 1 amide bonds. The van der Waals surface area contributed by atoms with Crippen LogP contribution in [0.5, 0.6) is 0 Å². The van der Waals surface area contributed by atoms with Crippen molar-refractivity contribution < 1.29 is 9.18 Å². The normalized spacial score (nSPS) is 10.5. The summed E-state index contributed by atoms with van der Waals surface area (Å²) in [6.07, 6.45) is 0. The summed E-state index contributed by atoms with van der Waals surface area (Å²) in [7, 11) is 1.67. The summed E-state index contributed by atoms with van der Waals surface area (Å²) in [6.45, 7) is 1.74. The topological polar surface area (TPSA) is 72.9 Å². The lowest BCUT2D eigenvalue weighted by Crippen LogP contribution is -2.16. The number of halogens is 2. The van der Waals surface area contributed by atoms with Crippen LogP contribution >= 0.6 is 15.9 Å². The molecule has 100 valence electrons. The monoisotopic (exact) mass is 326 g/mol. The molecule has 0 saturated carbocycles. The molecular weight excluding hydrogens is 315 g/mol. The van der Waals surface area contributed by atoms with Gasteiger partial charge in [-0.25, -0.2) is 4.39 Å². The van der Waals surface area contributed by atoms with Crippen molar-refractivity contribution in [3.8, 4) is 0 Å². The Hall–Kier alpha value is -1.89. The summed E-state index contributed by atoms with van der Waals surface area (Å²) in [6, 6.07) is 3.89. The number of amides is 1. The van der Waals surface area contributed by atoms with E-state index in [2.05, 4.69) is 26.3 Å². The number of nitrogens with two attached hydrogens (primary N) is 1. The number of carbonyl (C=O) groups excluding carboxylic acids is 1. The Kier molecular flexibility index (Phi) is 3.57. The maximum Gasteiger partial charge on any atom is 0.258 e. The van der Waals surface area contributed by atoms with E-state index >= 15 is 0 Å². The number of aryl methyl sites for hydroxylation is 2. The maximum absolute atomic E-state index is 13.2. The lowest BCUT2D eigenvalue weighted by atomic mass is 10.2. The van der Waals surface area contributed by atoms with Crippen LogP contribution in [0.1, 0.15) is 16.1 Å². The molecule has 0 bridgehead atoms. The van der Waals surface area contributed by atoms with Gasteiger partial charge in [0.1, 0.15) is 5.82 Å². The molecule has 2 aromatic rings. The van der Waals surface area contributed by atoms with Crippen molar-refractivity contribution in [1.29, 1.82) is 0 Å². The Morgan fingerprint density at radius 3 is 2.79 bits per heavy atom. The molecule has 2 rings (SSSR count). The number of anilines is 2. The first-order valence-corrected chi connectivity index (χ1v) is 6.25. The first-order chi connectivity index (χ1) is 8.90. The van der Waals surface area contributed by atoms with Gasteiger partial charge in [0.15, 0.2) is 5.82 Å². The Labute approximate surface area is 117 Å². The third kappa shape index (κ3) is 2.60. The fourth-order valence-electron chi connectivity index (χ4n) is 1.67. The molecule has 5 nitrogen and oxygen atoms in total. The van der Waals surface area contributed by atoms with Crippen molar-refractivity contribution >= 4 is 33.3 Å². The number of hydrogen-bond acceptors (Lipinski definition) is 3. The Balaban J connectivity index is 2.33. The number of hydrogen-bond donors (Lipinski definition) is 2. The lowest BCUT2D eigenvalue weighted by molar-refractivity contribution is 0.102. The molecule has 0 spiro atoms. The van der Waals surface area contributed by atoms with Crippen LogP contribution in [0, 0.1) is 12.7 Å². The van der Waals surface area contributed by atoms with E-state index in [0.29, 0.717) is 21.7 Å². The Morgan fingerprint density at radius 1 is 1.53 bits per heavy atom. The van der Waals surface area contributed by atoms with Crippen molar-refractivity contribution in [1.82, 2.24) is 9.78 Å². The summed E-state index contributed by atoms with van der Waals surface area (Å²) in [4.78, 5) is 12.1. The van der Waals surface area contributed by atoms with Crippen LogP contribution in [0.2, 0.25) is 0 Å². The number of nitrogens with one attached hydrogen (secondary N) is 1. The fraction of sp³-hybridized carbons (Fsp3) is 0.167. The van der Waals surface area contributed by atoms with E-state index in [4.69, 9.17) is 5.73 Å². The second-order valence-corrected chi connectivity index (χ2v) is 4.90. The molecule has 0 radical (unpaired) electrons. The van der Waals surface area contributed by atoms with Crippen LogP contribution in [0.25, 0.3) is 0 Å². The van der Waals surface area contributed by atoms with Crippen molar-refractivity contribution in [3.63, 3.8) is 0 Å². The molecule has 0 saturated heterocycles. The first kappa shape index (κ1) is 13.5. The summed E-state index contributed by atoms with van der Waals surface area (Å²) in [5.41, 5.74) is 7.02. The largest absolute Gasteiger partial charge is 0.394 e. The molecule has 1 aromatic carbocycles. The quantitative estimate of drug-likeness (QED) is 0.890. The van der Waals surface area contributed by atoms with Gasteiger partial charge in [0, 0.05) is 11.5 Å². The minimum Gasteiger partial charge on any atom is -0.394 e. The summed E-state index contributed by atoms with van der Waals surface area (Å²) >= 11 is 3.21. The number of nitrogen functional groups attached to an aromatic ring is 1. The molecule has 0 aliphatic rings. The van der Waals surface area contributed by atoms with Crippen LogP contribution in [0.4, 0.5) is 15.9 Å². The number of benzene rings is 1. The number of nitrogens with zero attached hydrogens (tertiary/aromatic N) is 2. The molecule has 0 aliphatic heterocycles. The number of aromatic nitrogens is 2. The van der Waals surface area contributed by atoms with Gasteiger partial charge in [-0.05, 0) is 41.1 Å². The van der Waals surface area contributed by atoms with Gasteiger partial charge < -0.3 is 11.1 Å².